The van der Waals surface area contributed by atoms with Gasteiger partial charge in [0.05, 0.1) is 12.0 Å². The zero-order valence-electron chi connectivity index (χ0n) is 25.5. The van der Waals surface area contributed by atoms with Crippen LogP contribution in [-0.2, 0) is 27.3 Å². The van der Waals surface area contributed by atoms with Gasteiger partial charge in [-0.15, -0.1) is 0 Å². The topological polar surface area (TPSA) is 168 Å². The molecular weight excluding hydrogens is 564 g/mol. The molecule has 2 unspecified atom stereocenters. The maximum Gasteiger partial charge on any atom is 0.225 e. The average molecular weight is 607 g/mol. The van der Waals surface area contributed by atoms with E-state index in [9.17, 15) is 34.8 Å². The number of phenolic OH excluding ortho intramolecular Hbond substituents is 1. The summed E-state index contributed by atoms with van der Waals surface area (Å²) in [7, 11) is 5.83. The molecule has 11 heteroatoms. The van der Waals surface area contributed by atoms with Gasteiger partial charge in [-0.2, -0.15) is 0 Å². The highest BCUT2D eigenvalue weighted by Gasteiger charge is 2.57. The lowest BCUT2D eigenvalue weighted by atomic mass is 9.61. The van der Waals surface area contributed by atoms with Gasteiger partial charge in [0.2, 0.25) is 11.7 Å². The zero-order chi connectivity index (χ0) is 31.9. The Balaban J connectivity index is 1.60. The molecule has 1 saturated carbocycles. The number of amides is 1. The van der Waals surface area contributed by atoms with E-state index in [1.165, 1.54) is 0 Å². The molecule has 1 aliphatic heterocycles. The first-order chi connectivity index (χ1) is 20.9. The Morgan fingerprint density at radius 2 is 1.82 bits per heavy atom. The number of phenols is 1. The van der Waals surface area contributed by atoms with Crippen molar-refractivity contribution in [2.45, 2.75) is 37.8 Å². The number of anilines is 1. The molecule has 0 aromatic heterocycles. The molecule has 44 heavy (non-hydrogen) atoms. The first-order valence-electron chi connectivity index (χ1n) is 15.1. The van der Waals surface area contributed by atoms with Crippen LogP contribution in [0.1, 0.15) is 36.0 Å². The largest absolute Gasteiger partial charge is 0.507 e. The van der Waals surface area contributed by atoms with Crippen molar-refractivity contribution < 1.29 is 34.8 Å². The maximum atomic E-state index is 13.9. The Labute approximate surface area is 257 Å². The second-order valence-electron chi connectivity index (χ2n) is 12.6. The van der Waals surface area contributed by atoms with Crippen LogP contribution in [0.3, 0.4) is 0 Å². The number of ketones is 2. The summed E-state index contributed by atoms with van der Waals surface area (Å²) < 4.78 is 0. The fourth-order valence-electron chi connectivity index (χ4n) is 7.09. The molecule has 5 rings (SSSR count). The van der Waals surface area contributed by atoms with Gasteiger partial charge in [0.1, 0.15) is 11.5 Å². The molecule has 3 atom stereocenters. The van der Waals surface area contributed by atoms with Crippen LogP contribution in [0.2, 0.25) is 0 Å². The molecule has 2 aliphatic carbocycles. The number of rotatable bonds is 9. The fourth-order valence-corrected chi connectivity index (χ4v) is 7.09. The molecular formula is C33H42N4O7. The van der Waals surface area contributed by atoms with Gasteiger partial charge in [-0.3, -0.25) is 19.3 Å². The van der Waals surface area contributed by atoms with E-state index in [-0.39, 0.29) is 42.8 Å². The number of carbonyl (C=O) groups is 3. The summed E-state index contributed by atoms with van der Waals surface area (Å²) in [5.41, 5.74) is 6.19. The number of hydrogen-bond donors (Lipinski definition) is 5. The molecule has 0 bridgehead atoms. The Hall–Kier alpha value is -3.77. The standard InChI is InChI=1S/C33H42N4O7/c1-35(2)25-16-23(20-6-4-5-19(13-20)18-37-10-8-36(3)9-11-37)30(41)29-24(25)15-21-14-22(7-12-38)33(44,26(39)17-27(34)40)32(43)28(21)31(29)42/h4-6,13,16,21-22,38,41-42,44H,7-12,14-15,17-18H2,1-3H3,(H2,34,40)/t21?,22?,33-/m1/s1. The molecule has 2 aromatic rings. The molecule has 0 spiro atoms. The number of aliphatic hydroxyl groups is 3. The summed E-state index contributed by atoms with van der Waals surface area (Å²) in [6.45, 7) is 4.27. The van der Waals surface area contributed by atoms with Gasteiger partial charge < -0.3 is 36.0 Å². The number of Topliss-reactive ketones (excluding diaryl/α,β-unsaturated/α-hetero) is 2. The lowest BCUT2D eigenvalue weighted by Gasteiger charge is -2.44. The van der Waals surface area contributed by atoms with E-state index in [1.54, 1.807) is 0 Å². The number of aliphatic hydroxyl groups excluding tert-OH is 2. The van der Waals surface area contributed by atoms with E-state index in [0.717, 1.165) is 49.5 Å². The van der Waals surface area contributed by atoms with Crippen molar-refractivity contribution in [2.24, 2.45) is 17.6 Å². The Morgan fingerprint density at radius 3 is 2.45 bits per heavy atom. The fraction of sp³-hybridized carbons (Fsp3) is 0.485. The summed E-state index contributed by atoms with van der Waals surface area (Å²) in [4.78, 5) is 45.1. The lowest BCUT2D eigenvalue weighted by molar-refractivity contribution is -0.159. The van der Waals surface area contributed by atoms with Gasteiger partial charge in [0.25, 0.3) is 0 Å². The maximum absolute atomic E-state index is 13.9. The predicted octanol–water partition coefficient (Wildman–Crippen LogP) is 1.46. The van der Waals surface area contributed by atoms with Gasteiger partial charge in [-0.25, -0.2) is 0 Å². The van der Waals surface area contributed by atoms with Gasteiger partial charge in [0, 0.05) is 76.2 Å². The molecule has 3 aliphatic rings. The van der Waals surface area contributed by atoms with Gasteiger partial charge in [-0.1, -0.05) is 18.2 Å². The van der Waals surface area contributed by atoms with Crippen molar-refractivity contribution >= 4 is 28.9 Å². The number of benzene rings is 2. The first-order valence-corrected chi connectivity index (χ1v) is 15.1. The van der Waals surface area contributed by atoms with Crippen LogP contribution in [-0.4, -0.2) is 107 Å². The highest BCUT2D eigenvalue weighted by atomic mass is 16.3. The number of carbonyl (C=O) groups excluding carboxylic acids is 3. The molecule has 0 radical (unpaired) electrons. The van der Waals surface area contributed by atoms with Crippen molar-refractivity contribution in [3.8, 4) is 16.9 Å². The molecule has 1 saturated heterocycles. The van der Waals surface area contributed by atoms with Crippen molar-refractivity contribution in [1.82, 2.24) is 9.80 Å². The van der Waals surface area contributed by atoms with Gasteiger partial charge in [-0.05, 0) is 61.1 Å². The smallest absolute Gasteiger partial charge is 0.225 e. The molecule has 11 nitrogen and oxygen atoms in total. The van der Waals surface area contributed by atoms with E-state index in [0.29, 0.717) is 11.1 Å². The van der Waals surface area contributed by atoms with Gasteiger partial charge >= 0.3 is 0 Å². The predicted molar refractivity (Wildman–Crippen MR) is 166 cm³/mol. The van der Waals surface area contributed by atoms with E-state index in [2.05, 4.69) is 16.8 Å². The third-order valence-electron chi connectivity index (χ3n) is 9.44. The Bertz CT molecular complexity index is 1510. The number of aromatic hydroxyl groups is 1. The highest BCUT2D eigenvalue weighted by Crippen LogP contribution is 2.52. The average Bonchev–Trinajstić information content (AvgIpc) is 2.96. The quantitative estimate of drug-likeness (QED) is 0.264. The molecule has 1 heterocycles. The highest BCUT2D eigenvalue weighted by molar-refractivity contribution is 6.23. The van der Waals surface area contributed by atoms with Crippen molar-refractivity contribution in [3.05, 3.63) is 52.6 Å². The number of nitrogens with two attached hydrogens (primary N) is 1. The number of piperazine rings is 1. The molecule has 236 valence electrons. The minimum Gasteiger partial charge on any atom is -0.507 e. The van der Waals surface area contributed by atoms with Crippen LogP contribution in [0.5, 0.6) is 5.75 Å². The second-order valence-corrected chi connectivity index (χ2v) is 12.6. The van der Waals surface area contributed by atoms with Crippen LogP contribution >= 0.6 is 0 Å². The summed E-state index contributed by atoms with van der Waals surface area (Å²) >= 11 is 0. The number of fused-ring (bicyclic) bond motifs is 2. The van der Waals surface area contributed by atoms with Crippen LogP contribution in [0.4, 0.5) is 5.69 Å². The first kappa shape index (κ1) is 31.6. The lowest BCUT2D eigenvalue weighted by Crippen LogP contribution is -2.59. The van der Waals surface area contributed by atoms with Crippen LogP contribution in [0.15, 0.2) is 35.9 Å². The number of primary amides is 1. The normalized spacial score (nSPS) is 24.2. The molecule has 2 fully saturated rings. The second kappa shape index (κ2) is 12.3. The number of nitrogens with zero attached hydrogens (tertiary/aromatic N) is 3. The molecule has 2 aromatic carbocycles. The van der Waals surface area contributed by atoms with Crippen LogP contribution in [0.25, 0.3) is 16.9 Å². The Kier molecular flexibility index (Phi) is 8.86. The number of likely N-dealkylation sites (N-methyl/N-ethyl adjacent to an activating group) is 1. The minimum atomic E-state index is -2.63. The number of hydrogen-bond acceptors (Lipinski definition) is 10. The third kappa shape index (κ3) is 5.61. The summed E-state index contributed by atoms with van der Waals surface area (Å²) in [5, 5.41) is 44.6. The summed E-state index contributed by atoms with van der Waals surface area (Å²) in [6, 6.07) is 9.75. The van der Waals surface area contributed by atoms with E-state index >= 15 is 0 Å². The van der Waals surface area contributed by atoms with Crippen LogP contribution in [0, 0.1) is 11.8 Å². The SMILES string of the molecule is CN1CCN(Cc2cccc(-c3cc(N(C)C)c4c(c3O)C(O)=C3C(=O)[C@](O)(C(=O)CC(N)=O)C(CCO)CC3C4)c2)CC1. The van der Waals surface area contributed by atoms with Gasteiger partial charge in [0.15, 0.2) is 11.4 Å². The zero-order valence-corrected chi connectivity index (χ0v) is 25.5. The third-order valence-corrected chi connectivity index (χ3v) is 9.44. The van der Waals surface area contributed by atoms with E-state index in [1.807, 2.05) is 49.3 Å². The van der Waals surface area contributed by atoms with E-state index < -0.39 is 47.1 Å². The summed E-state index contributed by atoms with van der Waals surface area (Å²) in [6.07, 6.45) is -0.549. The molecule has 6 N–H and O–H groups in total. The van der Waals surface area contributed by atoms with Crippen LogP contribution < -0.4 is 10.6 Å². The van der Waals surface area contributed by atoms with Crippen molar-refractivity contribution in [1.29, 1.82) is 0 Å². The monoisotopic (exact) mass is 606 g/mol. The van der Waals surface area contributed by atoms with E-state index in [4.69, 9.17) is 5.73 Å². The Morgan fingerprint density at radius 1 is 1.11 bits per heavy atom. The van der Waals surface area contributed by atoms with Crippen molar-refractivity contribution in [2.75, 3.05) is 58.8 Å². The molecule has 1 amide bonds. The summed E-state index contributed by atoms with van der Waals surface area (Å²) in [5.74, 6) is -5.35. The van der Waals surface area contributed by atoms with Crippen molar-refractivity contribution in [3.63, 3.8) is 0 Å². The minimum absolute atomic E-state index is 0.0562.